The molecule has 1 aliphatic heterocycles. The lowest BCUT2D eigenvalue weighted by Gasteiger charge is -2.09. The molecular formula is C16H15N3O4. The molecule has 118 valence electrons. The highest BCUT2D eigenvalue weighted by Gasteiger charge is 2.14. The van der Waals surface area contributed by atoms with Crippen LogP contribution in [0.1, 0.15) is 5.56 Å². The van der Waals surface area contributed by atoms with Crippen molar-refractivity contribution in [3.63, 3.8) is 0 Å². The van der Waals surface area contributed by atoms with Crippen molar-refractivity contribution < 1.29 is 19.1 Å². The van der Waals surface area contributed by atoms with E-state index in [1.54, 1.807) is 18.2 Å². The molecule has 2 aromatic rings. The Labute approximate surface area is 132 Å². The molecule has 1 heterocycles. The molecule has 0 spiro atoms. The Bertz CT molecular complexity index is 719. The molecule has 0 fully saturated rings. The van der Waals surface area contributed by atoms with E-state index in [0.717, 1.165) is 5.56 Å². The summed E-state index contributed by atoms with van der Waals surface area (Å²) in [6.45, 7) is 0.167. The third-order valence-electron chi connectivity index (χ3n) is 3.15. The number of amides is 3. The Hall–Kier alpha value is -3.22. The van der Waals surface area contributed by atoms with E-state index in [-0.39, 0.29) is 19.1 Å². The molecule has 3 amide bonds. The highest BCUT2D eigenvalue weighted by Crippen LogP contribution is 2.34. The van der Waals surface area contributed by atoms with Gasteiger partial charge in [-0.15, -0.1) is 0 Å². The second kappa shape index (κ2) is 6.69. The Morgan fingerprint density at radius 1 is 0.957 bits per heavy atom. The zero-order valence-corrected chi connectivity index (χ0v) is 12.2. The number of ether oxygens (including phenoxy) is 2. The van der Waals surface area contributed by atoms with E-state index >= 15 is 0 Å². The number of hydrogen-bond acceptors (Lipinski definition) is 4. The van der Waals surface area contributed by atoms with Gasteiger partial charge in [0.05, 0.1) is 6.42 Å². The number of anilines is 1. The largest absolute Gasteiger partial charge is 0.454 e. The Morgan fingerprint density at radius 2 is 1.74 bits per heavy atom. The minimum atomic E-state index is -0.551. The van der Waals surface area contributed by atoms with Gasteiger partial charge in [0.25, 0.3) is 0 Å². The fourth-order valence-corrected chi connectivity index (χ4v) is 2.09. The lowest BCUT2D eigenvalue weighted by Crippen LogP contribution is -2.44. The molecular weight excluding hydrogens is 298 g/mol. The zero-order valence-electron chi connectivity index (χ0n) is 12.2. The van der Waals surface area contributed by atoms with Crippen molar-refractivity contribution in [3.8, 4) is 11.5 Å². The first kappa shape index (κ1) is 14.7. The monoisotopic (exact) mass is 313 g/mol. The maximum atomic E-state index is 11.8. The van der Waals surface area contributed by atoms with Crippen LogP contribution in [0.2, 0.25) is 0 Å². The molecule has 23 heavy (non-hydrogen) atoms. The third-order valence-corrected chi connectivity index (χ3v) is 3.15. The van der Waals surface area contributed by atoms with E-state index in [4.69, 9.17) is 9.47 Å². The van der Waals surface area contributed by atoms with Crippen LogP contribution >= 0.6 is 0 Å². The number of nitrogens with one attached hydrogen (secondary N) is 3. The second-order valence-corrected chi connectivity index (χ2v) is 4.86. The summed E-state index contributed by atoms with van der Waals surface area (Å²) in [7, 11) is 0. The maximum Gasteiger partial charge on any atom is 0.337 e. The summed E-state index contributed by atoms with van der Waals surface area (Å²) < 4.78 is 10.4. The third kappa shape index (κ3) is 3.91. The molecule has 0 unspecified atom stereocenters. The predicted octanol–water partition coefficient (Wildman–Crippen LogP) is 1.81. The molecule has 0 radical (unpaired) electrons. The molecule has 0 aliphatic carbocycles. The summed E-state index contributed by atoms with van der Waals surface area (Å²) in [5.41, 5.74) is 6.04. The van der Waals surface area contributed by atoms with Crippen molar-refractivity contribution in [2.75, 3.05) is 12.1 Å². The average Bonchev–Trinajstić information content (AvgIpc) is 3.01. The molecule has 0 bridgehead atoms. The van der Waals surface area contributed by atoms with Gasteiger partial charge in [0.15, 0.2) is 11.5 Å². The van der Waals surface area contributed by atoms with Gasteiger partial charge in [0, 0.05) is 11.8 Å². The topological polar surface area (TPSA) is 88.7 Å². The number of rotatable bonds is 3. The summed E-state index contributed by atoms with van der Waals surface area (Å²) >= 11 is 0. The lowest BCUT2D eigenvalue weighted by atomic mass is 10.1. The van der Waals surface area contributed by atoms with E-state index in [9.17, 15) is 9.59 Å². The van der Waals surface area contributed by atoms with Crippen LogP contribution in [0, 0.1) is 0 Å². The number of benzene rings is 2. The summed E-state index contributed by atoms with van der Waals surface area (Å²) in [5, 5.41) is 2.59. The number of hydrazine groups is 1. The molecule has 2 aromatic carbocycles. The number of hydrogen-bond donors (Lipinski definition) is 3. The minimum Gasteiger partial charge on any atom is -0.454 e. The van der Waals surface area contributed by atoms with E-state index in [2.05, 4.69) is 16.2 Å². The van der Waals surface area contributed by atoms with Gasteiger partial charge in [-0.2, -0.15) is 0 Å². The normalized spacial score (nSPS) is 11.7. The molecule has 0 atom stereocenters. The number of carbonyl (C=O) groups excluding carboxylic acids is 2. The van der Waals surface area contributed by atoms with Gasteiger partial charge in [-0.1, -0.05) is 30.3 Å². The van der Waals surface area contributed by atoms with E-state index in [1.165, 1.54) is 0 Å². The van der Waals surface area contributed by atoms with Crippen molar-refractivity contribution in [3.05, 3.63) is 54.1 Å². The van der Waals surface area contributed by atoms with Crippen molar-refractivity contribution in [2.24, 2.45) is 0 Å². The van der Waals surface area contributed by atoms with Crippen molar-refractivity contribution in [1.29, 1.82) is 0 Å². The van der Waals surface area contributed by atoms with Crippen molar-refractivity contribution >= 4 is 17.6 Å². The molecule has 0 saturated heterocycles. The van der Waals surface area contributed by atoms with Crippen LogP contribution in [0.5, 0.6) is 11.5 Å². The SMILES string of the molecule is O=C(Cc1ccccc1)NNC(=O)Nc1ccc2c(c1)OCO2. The van der Waals surface area contributed by atoms with Crippen LogP contribution in [-0.2, 0) is 11.2 Å². The molecule has 0 aromatic heterocycles. The first-order valence-corrected chi connectivity index (χ1v) is 7.00. The molecule has 7 nitrogen and oxygen atoms in total. The zero-order chi connectivity index (χ0) is 16.1. The predicted molar refractivity (Wildman–Crippen MR) is 83.0 cm³/mol. The number of carbonyl (C=O) groups is 2. The number of fused-ring (bicyclic) bond motifs is 1. The van der Waals surface area contributed by atoms with Gasteiger partial charge < -0.3 is 14.8 Å². The van der Waals surface area contributed by atoms with E-state index in [1.807, 2.05) is 30.3 Å². The standard InChI is InChI=1S/C16H15N3O4/c20-15(8-11-4-2-1-3-5-11)18-19-16(21)17-12-6-7-13-14(9-12)23-10-22-13/h1-7,9H,8,10H2,(H,18,20)(H2,17,19,21). The van der Waals surface area contributed by atoms with Gasteiger partial charge in [0.2, 0.25) is 12.7 Å². The molecule has 1 aliphatic rings. The highest BCUT2D eigenvalue weighted by atomic mass is 16.7. The fraction of sp³-hybridized carbons (Fsp3) is 0.125. The Kier molecular flexibility index (Phi) is 4.28. The average molecular weight is 313 g/mol. The van der Waals surface area contributed by atoms with Crippen molar-refractivity contribution in [1.82, 2.24) is 10.9 Å². The Morgan fingerprint density at radius 3 is 2.57 bits per heavy atom. The first-order chi connectivity index (χ1) is 11.2. The van der Waals surface area contributed by atoms with E-state index < -0.39 is 6.03 Å². The number of urea groups is 1. The van der Waals surface area contributed by atoms with Crippen molar-refractivity contribution in [2.45, 2.75) is 6.42 Å². The van der Waals surface area contributed by atoms with Crippen LogP contribution in [-0.4, -0.2) is 18.7 Å². The molecule has 7 heteroatoms. The van der Waals surface area contributed by atoms with Crippen LogP contribution in [0.4, 0.5) is 10.5 Å². The van der Waals surface area contributed by atoms with Gasteiger partial charge in [-0.25, -0.2) is 10.2 Å². The Balaban J connectivity index is 1.47. The quantitative estimate of drug-likeness (QED) is 0.754. The van der Waals surface area contributed by atoms with Crippen LogP contribution < -0.4 is 25.6 Å². The van der Waals surface area contributed by atoms with Gasteiger partial charge in [-0.05, 0) is 17.7 Å². The summed E-state index contributed by atoms with van der Waals surface area (Å²) in [4.78, 5) is 23.5. The van der Waals surface area contributed by atoms with Crippen LogP contribution in [0.15, 0.2) is 48.5 Å². The summed E-state index contributed by atoms with van der Waals surface area (Å²) in [5.74, 6) is 0.889. The highest BCUT2D eigenvalue weighted by molar-refractivity contribution is 5.91. The second-order valence-electron chi connectivity index (χ2n) is 4.86. The van der Waals surface area contributed by atoms with Gasteiger partial charge >= 0.3 is 6.03 Å². The minimum absolute atomic E-state index is 0.167. The fourth-order valence-electron chi connectivity index (χ4n) is 2.09. The lowest BCUT2D eigenvalue weighted by molar-refractivity contribution is -0.121. The summed E-state index contributed by atoms with van der Waals surface area (Å²) in [6.07, 6.45) is 0.186. The maximum absolute atomic E-state index is 11.8. The van der Waals surface area contributed by atoms with Crippen LogP contribution in [0.3, 0.4) is 0 Å². The molecule has 3 rings (SSSR count). The first-order valence-electron chi connectivity index (χ1n) is 7.00. The molecule has 0 saturated carbocycles. The van der Waals surface area contributed by atoms with Gasteiger partial charge in [0.1, 0.15) is 0 Å². The van der Waals surface area contributed by atoms with Crippen LogP contribution in [0.25, 0.3) is 0 Å². The summed E-state index contributed by atoms with van der Waals surface area (Å²) in [6, 6.07) is 13.7. The smallest absolute Gasteiger partial charge is 0.337 e. The van der Waals surface area contributed by atoms with Gasteiger partial charge in [-0.3, -0.25) is 10.2 Å². The molecule has 3 N–H and O–H groups in total. The van der Waals surface area contributed by atoms with E-state index in [0.29, 0.717) is 17.2 Å².